The number of amides is 1. The quantitative estimate of drug-likeness (QED) is 0.815. The molecule has 2 fully saturated rings. The first kappa shape index (κ1) is 18.8. The van der Waals surface area contributed by atoms with Gasteiger partial charge in [-0.2, -0.15) is 0 Å². The molecular formula is C17H33ClN2O. The molecule has 21 heavy (non-hydrogen) atoms. The predicted molar refractivity (Wildman–Crippen MR) is 90.8 cm³/mol. The van der Waals surface area contributed by atoms with Crippen LogP contribution in [0.5, 0.6) is 0 Å². The normalized spacial score (nSPS) is 22.6. The summed E-state index contributed by atoms with van der Waals surface area (Å²) in [5.74, 6) is 1.78. The second kappa shape index (κ2) is 9.68. The van der Waals surface area contributed by atoms with E-state index in [2.05, 4.69) is 24.5 Å². The van der Waals surface area contributed by atoms with Crippen molar-refractivity contribution in [3.05, 3.63) is 0 Å². The maximum absolute atomic E-state index is 12.6. The van der Waals surface area contributed by atoms with E-state index in [1.807, 2.05) is 0 Å². The molecular weight excluding hydrogens is 284 g/mol. The van der Waals surface area contributed by atoms with Gasteiger partial charge >= 0.3 is 0 Å². The van der Waals surface area contributed by atoms with Crippen molar-refractivity contribution in [3.63, 3.8) is 0 Å². The smallest absolute Gasteiger partial charge is 0.223 e. The number of hydrogen-bond acceptors (Lipinski definition) is 2. The minimum absolute atomic E-state index is 0. The van der Waals surface area contributed by atoms with Gasteiger partial charge in [-0.25, -0.2) is 0 Å². The van der Waals surface area contributed by atoms with Gasteiger partial charge in [0.1, 0.15) is 0 Å². The van der Waals surface area contributed by atoms with E-state index < -0.39 is 0 Å². The zero-order chi connectivity index (χ0) is 14.4. The SMILES string of the molecule is CC(C)C(CC1CCCCC1)C(=O)NC1CCNCC1.Cl. The van der Waals surface area contributed by atoms with Gasteiger partial charge in [0.15, 0.2) is 0 Å². The number of halogens is 1. The van der Waals surface area contributed by atoms with E-state index in [0.29, 0.717) is 17.9 Å². The van der Waals surface area contributed by atoms with Crippen LogP contribution in [0.25, 0.3) is 0 Å². The highest BCUT2D eigenvalue weighted by Crippen LogP contribution is 2.31. The van der Waals surface area contributed by atoms with Crippen molar-refractivity contribution < 1.29 is 4.79 Å². The summed E-state index contributed by atoms with van der Waals surface area (Å²) in [7, 11) is 0. The lowest BCUT2D eigenvalue weighted by molar-refractivity contribution is -0.128. The van der Waals surface area contributed by atoms with E-state index in [-0.39, 0.29) is 18.3 Å². The Morgan fingerprint density at radius 2 is 1.71 bits per heavy atom. The van der Waals surface area contributed by atoms with Crippen LogP contribution in [-0.4, -0.2) is 25.0 Å². The Kier molecular flexibility index (Phi) is 8.65. The highest BCUT2D eigenvalue weighted by atomic mass is 35.5. The molecule has 1 aliphatic heterocycles. The summed E-state index contributed by atoms with van der Waals surface area (Å²) in [6.45, 7) is 6.49. The van der Waals surface area contributed by atoms with Gasteiger partial charge in [-0.3, -0.25) is 4.79 Å². The maximum Gasteiger partial charge on any atom is 0.223 e. The van der Waals surface area contributed by atoms with E-state index in [4.69, 9.17) is 0 Å². The largest absolute Gasteiger partial charge is 0.353 e. The topological polar surface area (TPSA) is 41.1 Å². The van der Waals surface area contributed by atoms with E-state index in [1.54, 1.807) is 0 Å². The highest BCUT2D eigenvalue weighted by molar-refractivity contribution is 5.85. The summed E-state index contributed by atoms with van der Waals surface area (Å²) < 4.78 is 0. The van der Waals surface area contributed by atoms with E-state index in [0.717, 1.165) is 38.3 Å². The van der Waals surface area contributed by atoms with Gasteiger partial charge in [0, 0.05) is 12.0 Å². The average molecular weight is 317 g/mol. The second-order valence-corrected chi connectivity index (χ2v) is 7.12. The molecule has 1 heterocycles. The van der Waals surface area contributed by atoms with Crippen LogP contribution in [0.3, 0.4) is 0 Å². The lowest BCUT2D eigenvalue weighted by Crippen LogP contribution is -2.46. The fourth-order valence-electron chi connectivity index (χ4n) is 3.74. The third kappa shape index (κ3) is 6.15. The first-order chi connectivity index (χ1) is 9.66. The Labute approximate surface area is 136 Å². The molecule has 0 aromatic rings. The average Bonchev–Trinajstić information content (AvgIpc) is 2.46. The molecule has 3 nitrogen and oxygen atoms in total. The number of piperidine rings is 1. The Morgan fingerprint density at radius 3 is 2.29 bits per heavy atom. The summed E-state index contributed by atoms with van der Waals surface area (Å²) in [6.07, 6.45) is 10.1. The summed E-state index contributed by atoms with van der Waals surface area (Å²) in [4.78, 5) is 12.6. The van der Waals surface area contributed by atoms with Gasteiger partial charge < -0.3 is 10.6 Å². The van der Waals surface area contributed by atoms with Crippen LogP contribution >= 0.6 is 12.4 Å². The number of rotatable bonds is 5. The highest BCUT2D eigenvalue weighted by Gasteiger charge is 2.28. The third-order valence-electron chi connectivity index (χ3n) is 5.14. The molecule has 1 saturated heterocycles. The predicted octanol–water partition coefficient (Wildman–Crippen LogP) is 3.52. The Bertz CT molecular complexity index is 297. The molecule has 2 rings (SSSR count). The third-order valence-corrected chi connectivity index (χ3v) is 5.14. The van der Waals surface area contributed by atoms with Crippen LogP contribution in [0.15, 0.2) is 0 Å². The van der Waals surface area contributed by atoms with Crippen molar-refractivity contribution in [1.29, 1.82) is 0 Å². The first-order valence-electron chi connectivity index (χ1n) is 8.68. The summed E-state index contributed by atoms with van der Waals surface area (Å²) in [6, 6.07) is 0.399. The molecule has 1 aliphatic carbocycles. The van der Waals surface area contributed by atoms with Gasteiger partial charge in [0.05, 0.1) is 0 Å². The molecule has 0 radical (unpaired) electrons. The molecule has 2 aliphatic rings. The van der Waals surface area contributed by atoms with E-state index >= 15 is 0 Å². The van der Waals surface area contributed by atoms with Gasteiger partial charge in [-0.15, -0.1) is 12.4 Å². The molecule has 1 amide bonds. The van der Waals surface area contributed by atoms with Crippen molar-refractivity contribution in [3.8, 4) is 0 Å². The second-order valence-electron chi connectivity index (χ2n) is 7.12. The van der Waals surface area contributed by atoms with E-state index in [1.165, 1.54) is 32.1 Å². The lowest BCUT2D eigenvalue weighted by atomic mass is 9.79. The monoisotopic (exact) mass is 316 g/mol. The zero-order valence-corrected chi connectivity index (χ0v) is 14.5. The first-order valence-corrected chi connectivity index (χ1v) is 8.68. The van der Waals surface area contributed by atoms with Gasteiger partial charge in [0.25, 0.3) is 0 Å². The lowest BCUT2D eigenvalue weighted by Gasteiger charge is -2.30. The minimum atomic E-state index is 0. The zero-order valence-electron chi connectivity index (χ0n) is 13.7. The van der Waals surface area contributed by atoms with Crippen LogP contribution in [0, 0.1) is 17.8 Å². The van der Waals surface area contributed by atoms with Crippen molar-refractivity contribution in [1.82, 2.24) is 10.6 Å². The minimum Gasteiger partial charge on any atom is -0.353 e. The molecule has 0 bridgehead atoms. The fraction of sp³-hybridized carbons (Fsp3) is 0.941. The van der Waals surface area contributed by atoms with Gasteiger partial charge in [-0.05, 0) is 44.2 Å². The molecule has 0 spiro atoms. The standard InChI is InChI=1S/C17H32N2O.ClH/c1-13(2)16(12-14-6-4-3-5-7-14)17(20)19-15-8-10-18-11-9-15;/h13-16,18H,3-12H2,1-2H3,(H,19,20);1H. The number of carbonyl (C=O) groups is 1. The number of nitrogens with one attached hydrogen (secondary N) is 2. The molecule has 1 atom stereocenters. The van der Waals surface area contributed by atoms with Gasteiger partial charge in [0.2, 0.25) is 5.91 Å². The Balaban J connectivity index is 0.00000220. The van der Waals surface area contributed by atoms with Crippen LogP contribution in [-0.2, 0) is 4.79 Å². The summed E-state index contributed by atoms with van der Waals surface area (Å²) in [5.41, 5.74) is 0. The van der Waals surface area contributed by atoms with Crippen LogP contribution in [0.2, 0.25) is 0 Å². The number of hydrogen-bond donors (Lipinski definition) is 2. The van der Waals surface area contributed by atoms with Gasteiger partial charge in [-0.1, -0.05) is 46.0 Å². The van der Waals surface area contributed by atoms with Crippen molar-refractivity contribution in [2.24, 2.45) is 17.8 Å². The summed E-state index contributed by atoms with van der Waals surface area (Å²) in [5, 5.41) is 6.67. The Morgan fingerprint density at radius 1 is 1.10 bits per heavy atom. The molecule has 2 N–H and O–H groups in total. The summed E-state index contributed by atoms with van der Waals surface area (Å²) >= 11 is 0. The van der Waals surface area contributed by atoms with Crippen molar-refractivity contribution >= 4 is 18.3 Å². The molecule has 1 unspecified atom stereocenters. The van der Waals surface area contributed by atoms with Crippen molar-refractivity contribution in [2.75, 3.05) is 13.1 Å². The van der Waals surface area contributed by atoms with Crippen LogP contribution < -0.4 is 10.6 Å². The molecule has 0 aromatic heterocycles. The molecule has 1 saturated carbocycles. The maximum atomic E-state index is 12.6. The van der Waals surface area contributed by atoms with Crippen LogP contribution in [0.1, 0.15) is 65.2 Å². The fourth-order valence-corrected chi connectivity index (χ4v) is 3.74. The molecule has 0 aromatic carbocycles. The molecule has 4 heteroatoms. The Hall–Kier alpha value is -0.280. The van der Waals surface area contributed by atoms with E-state index in [9.17, 15) is 4.79 Å². The van der Waals surface area contributed by atoms with Crippen molar-refractivity contribution in [2.45, 2.75) is 71.3 Å². The number of carbonyl (C=O) groups excluding carboxylic acids is 1. The molecule has 124 valence electrons. The van der Waals surface area contributed by atoms with Crippen LogP contribution in [0.4, 0.5) is 0 Å².